The zero-order valence-corrected chi connectivity index (χ0v) is 16.2. The fraction of sp³-hybridized carbons (Fsp3) is 0.261. The van der Waals surface area contributed by atoms with Crippen LogP contribution in [-0.2, 0) is 10.9 Å². The van der Waals surface area contributed by atoms with Gasteiger partial charge in [0.15, 0.2) is 0 Å². The van der Waals surface area contributed by atoms with Crippen LogP contribution in [0, 0.1) is 5.92 Å². The lowest BCUT2D eigenvalue weighted by Crippen LogP contribution is -2.46. The lowest BCUT2D eigenvalue weighted by atomic mass is 9.99. The van der Waals surface area contributed by atoms with E-state index in [1.807, 2.05) is 13.0 Å². The molecule has 0 aromatic heterocycles. The maximum Gasteiger partial charge on any atom is 0.416 e. The molecule has 1 heterocycles. The molecule has 30 heavy (non-hydrogen) atoms. The molecule has 1 N–H and O–H groups in total. The summed E-state index contributed by atoms with van der Waals surface area (Å²) in [6, 6.07) is 15.2. The summed E-state index contributed by atoms with van der Waals surface area (Å²) in [5, 5.41) is 4.55. The van der Waals surface area contributed by atoms with Crippen LogP contribution in [0.2, 0.25) is 0 Å². The van der Waals surface area contributed by atoms with Gasteiger partial charge in [0.1, 0.15) is 11.5 Å². The van der Waals surface area contributed by atoms with Gasteiger partial charge in [0.2, 0.25) is 0 Å². The van der Waals surface area contributed by atoms with Crippen molar-refractivity contribution < 1.29 is 27.4 Å². The first-order chi connectivity index (χ1) is 14.3. The lowest BCUT2D eigenvalue weighted by Gasteiger charge is -2.31. The number of fused-ring (bicyclic) bond motifs is 1. The van der Waals surface area contributed by atoms with Crippen molar-refractivity contribution in [1.82, 2.24) is 5.32 Å². The van der Waals surface area contributed by atoms with E-state index < -0.39 is 11.7 Å². The highest BCUT2D eigenvalue weighted by Gasteiger charge is 2.30. The second-order valence-electron chi connectivity index (χ2n) is 7.38. The third-order valence-electron chi connectivity index (χ3n) is 5.24. The number of amides is 1. The Hall–Kier alpha value is -3.06. The SMILES string of the molecule is C[C@@H](NC(=O)c1ccc2c(Oc3ccc(C(F)(F)F)cc3)cccc2c1)C1COC1. The predicted octanol–water partition coefficient (Wildman–Crippen LogP) is 5.42. The average Bonchev–Trinajstić information content (AvgIpc) is 2.66. The second-order valence-corrected chi connectivity index (χ2v) is 7.38. The number of ether oxygens (including phenoxy) is 2. The molecular formula is C23H20F3NO3. The first kappa shape index (κ1) is 20.2. The van der Waals surface area contributed by atoms with Gasteiger partial charge in [0.25, 0.3) is 5.91 Å². The Morgan fingerprint density at radius 2 is 1.83 bits per heavy atom. The van der Waals surface area contributed by atoms with E-state index in [9.17, 15) is 18.0 Å². The Morgan fingerprint density at radius 3 is 2.47 bits per heavy atom. The van der Waals surface area contributed by atoms with E-state index in [1.54, 1.807) is 30.3 Å². The molecule has 0 saturated carbocycles. The molecule has 1 saturated heterocycles. The number of hydrogen-bond acceptors (Lipinski definition) is 3. The summed E-state index contributed by atoms with van der Waals surface area (Å²) in [4.78, 5) is 12.6. The monoisotopic (exact) mass is 415 g/mol. The number of alkyl halides is 3. The second kappa shape index (κ2) is 7.99. The first-order valence-corrected chi connectivity index (χ1v) is 9.58. The number of nitrogens with one attached hydrogen (secondary N) is 1. The molecular weight excluding hydrogens is 395 g/mol. The zero-order valence-electron chi connectivity index (χ0n) is 16.2. The van der Waals surface area contributed by atoms with Crippen LogP contribution in [-0.4, -0.2) is 25.2 Å². The molecule has 156 valence electrons. The van der Waals surface area contributed by atoms with E-state index in [0.29, 0.717) is 36.2 Å². The van der Waals surface area contributed by atoms with Gasteiger partial charge in [-0.05, 0) is 60.8 Å². The number of carbonyl (C=O) groups excluding carboxylic acids is 1. The van der Waals surface area contributed by atoms with Crippen molar-refractivity contribution >= 4 is 16.7 Å². The van der Waals surface area contributed by atoms with E-state index in [-0.39, 0.29) is 11.9 Å². The molecule has 1 amide bonds. The third kappa shape index (κ3) is 4.26. The summed E-state index contributed by atoms with van der Waals surface area (Å²) in [6.07, 6.45) is -4.39. The Morgan fingerprint density at radius 1 is 1.10 bits per heavy atom. The highest BCUT2D eigenvalue weighted by molar-refractivity contribution is 6.00. The Kier molecular flexibility index (Phi) is 5.39. The molecule has 4 rings (SSSR count). The van der Waals surface area contributed by atoms with Crippen LogP contribution in [0.25, 0.3) is 10.8 Å². The van der Waals surface area contributed by atoms with Crippen molar-refractivity contribution in [3.63, 3.8) is 0 Å². The van der Waals surface area contributed by atoms with Crippen LogP contribution >= 0.6 is 0 Å². The Balaban J connectivity index is 1.53. The summed E-state index contributed by atoms with van der Waals surface area (Å²) in [5.74, 6) is 0.969. The molecule has 7 heteroatoms. The van der Waals surface area contributed by atoms with Crippen LogP contribution in [0.1, 0.15) is 22.8 Å². The molecule has 0 unspecified atom stereocenters. The number of hydrogen-bond donors (Lipinski definition) is 1. The molecule has 0 spiro atoms. The summed E-state index contributed by atoms with van der Waals surface area (Å²) in [7, 11) is 0. The van der Waals surface area contributed by atoms with Crippen molar-refractivity contribution in [3.8, 4) is 11.5 Å². The van der Waals surface area contributed by atoms with Gasteiger partial charge in [-0.2, -0.15) is 13.2 Å². The van der Waals surface area contributed by atoms with E-state index in [1.165, 1.54) is 12.1 Å². The van der Waals surface area contributed by atoms with Crippen LogP contribution < -0.4 is 10.1 Å². The van der Waals surface area contributed by atoms with Gasteiger partial charge in [-0.15, -0.1) is 0 Å². The zero-order chi connectivity index (χ0) is 21.3. The average molecular weight is 415 g/mol. The van der Waals surface area contributed by atoms with E-state index in [2.05, 4.69) is 5.32 Å². The normalized spacial score (nSPS) is 15.5. The van der Waals surface area contributed by atoms with Gasteiger partial charge in [-0.25, -0.2) is 0 Å². The van der Waals surface area contributed by atoms with Crippen molar-refractivity contribution in [1.29, 1.82) is 0 Å². The summed E-state index contributed by atoms with van der Waals surface area (Å²) in [6.45, 7) is 3.27. The minimum absolute atomic E-state index is 0.0243. The number of halogens is 3. The molecule has 1 fully saturated rings. The number of carbonyl (C=O) groups is 1. The minimum atomic E-state index is -4.39. The fourth-order valence-electron chi connectivity index (χ4n) is 3.27. The van der Waals surface area contributed by atoms with E-state index >= 15 is 0 Å². The molecule has 0 bridgehead atoms. The van der Waals surface area contributed by atoms with Crippen LogP contribution in [0.5, 0.6) is 11.5 Å². The molecule has 3 aromatic carbocycles. The van der Waals surface area contributed by atoms with Gasteiger partial charge < -0.3 is 14.8 Å². The van der Waals surface area contributed by atoms with Crippen molar-refractivity contribution in [2.75, 3.05) is 13.2 Å². The molecule has 1 aliphatic rings. The smallest absolute Gasteiger partial charge is 0.416 e. The Bertz CT molecular complexity index is 1060. The topological polar surface area (TPSA) is 47.6 Å². The van der Waals surface area contributed by atoms with Crippen LogP contribution in [0.3, 0.4) is 0 Å². The predicted molar refractivity (Wildman–Crippen MR) is 107 cm³/mol. The van der Waals surface area contributed by atoms with Gasteiger partial charge in [0, 0.05) is 22.9 Å². The summed E-state index contributed by atoms with van der Waals surface area (Å²) < 4.78 is 49.1. The van der Waals surface area contributed by atoms with Gasteiger partial charge in [-0.3, -0.25) is 4.79 Å². The van der Waals surface area contributed by atoms with Gasteiger partial charge in [-0.1, -0.05) is 12.1 Å². The Labute approximate surface area is 171 Å². The third-order valence-corrected chi connectivity index (χ3v) is 5.24. The van der Waals surface area contributed by atoms with E-state index in [4.69, 9.17) is 9.47 Å². The fourth-order valence-corrected chi connectivity index (χ4v) is 3.27. The lowest BCUT2D eigenvalue weighted by molar-refractivity contribution is -0.137. The molecule has 4 nitrogen and oxygen atoms in total. The summed E-state index contributed by atoms with van der Waals surface area (Å²) >= 11 is 0. The largest absolute Gasteiger partial charge is 0.457 e. The molecule has 1 atom stereocenters. The standard InChI is InChI=1S/C23H20F3NO3/c1-14(17-12-29-13-17)27-22(28)16-5-10-20-15(11-16)3-2-4-21(20)30-19-8-6-18(7-9-19)23(24,25)26/h2-11,14,17H,12-13H2,1H3,(H,27,28)/t14-/m1/s1. The van der Waals surface area contributed by atoms with Crippen molar-refractivity contribution in [3.05, 3.63) is 71.8 Å². The van der Waals surface area contributed by atoms with E-state index in [0.717, 1.165) is 22.9 Å². The maximum absolute atomic E-state index is 12.7. The van der Waals surface area contributed by atoms with Crippen LogP contribution in [0.15, 0.2) is 60.7 Å². The van der Waals surface area contributed by atoms with Crippen LogP contribution in [0.4, 0.5) is 13.2 Å². The quantitative estimate of drug-likeness (QED) is 0.606. The molecule has 0 radical (unpaired) electrons. The first-order valence-electron chi connectivity index (χ1n) is 9.58. The number of benzene rings is 3. The maximum atomic E-state index is 12.7. The molecule has 0 aliphatic carbocycles. The molecule has 3 aromatic rings. The minimum Gasteiger partial charge on any atom is -0.457 e. The van der Waals surface area contributed by atoms with Crippen molar-refractivity contribution in [2.45, 2.75) is 19.1 Å². The highest BCUT2D eigenvalue weighted by atomic mass is 19.4. The van der Waals surface area contributed by atoms with Crippen molar-refractivity contribution in [2.24, 2.45) is 5.92 Å². The van der Waals surface area contributed by atoms with Gasteiger partial charge >= 0.3 is 6.18 Å². The molecule has 1 aliphatic heterocycles. The highest BCUT2D eigenvalue weighted by Crippen LogP contribution is 2.33. The van der Waals surface area contributed by atoms with Gasteiger partial charge in [0.05, 0.1) is 18.8 Å². The number of rotatable bonds is 5. The summed E-state index contributed by atoms with van der Waals surface area (Å²) in [5.41, 5.74) is -0.201.